The van der Waals surface area contributed by atoms with E-state index < -0.39 is 0 Å². The largest absolute Gasteiger partial charge is 0.381 e. The summed E-state index contributed by atoms with van der Waals surface area (Å²) in [5.74, 6) is 0.655. The molecule has 0 amide bonds. The molecule has 1 fully saturated rings. The van der Waals surface area contributed by atoms with Gasteiger partial charge in [-0.05, 0) is 25.8 Å². The van der Waals surface area contributed by atoms with E-state index in [-0.39, 0.29) is 5.41 Å². The van der Waals surface area contributed by atoms with Crippen molar-refractivity contribution < 1.29 is 4.74 Å². The van der Waals surface area contributed by atoms with Gasteiger partial charge in [-0.1, -0.05) is 20.8 Å². The third kappa shape index (κ3) is 3.11. The van der Waals surface area contributed by atoms with Crippen LogP contribution in [0.3, 0.4) is 0 Å². The Kier molecular flexibility index (Phi) is 4.41. The Morgan fingerprint density at radius 1 is 1.39 bits per heavy atom. The van der Waals surface area contributed by atoms with Gasteiger partial charge in [0.25, 0.3) is 0 Å². The Balaban J connectivity index is 2.14. The molecule has 1 aliphatic rings. The molecule has 2 rings (SSSR count). The molecule has 1 saturated heterocycles. The maximum absolute atomic E-state index is 5.44. The van der Waals surface area contributed by atoms with E-state index in [9.17, 15) is 0 Å². The Morgan fingerprint density at radius 3 is 2.56 bits per heavy atom. The SMILES string of the molecule is CNC(c1nc(C(C)(C)C)cs1)C1CCOCC1. The van der Waals surface area contributed by atoms with E-state index in [0.29, 0.717) is 12.0 Å². The first-order valence-electron chi connectivity index (χ1n) is 6.73. The molecule has 1 unspecified atom stereocenters. The lowest BCUT2D eigenvalue weighted by molar-refractivity contribution is 0.0545. The molecule has 0 saturated carbocycles. The van der Waals surface area contributed by atoms with Crippen molar-refractivity contribution in [3.05, 3.63) is 16.1 Å². The van der Waals surface area contributed by atoms with Crippen LogP contribution in [0.1, 0.15) is 50.4 Å². The zero-order chi connectivity index (χ0) is 13.2. The first-order chi connectivity index (χ1) is 8.52. The summed E-state index contributed by atoms with van der Waals surface area (Å²) in [7, 11) is 2.04. The van der Waals surface area contributed by atoms with Gasteiger partial charge >= 0.3 is 0 Å². The predicted molar refractivity (Wildman–Crippen MR) is 76.2 cm³/mol. The van der Waals surface area contributed by atoms with Crippen LogP contribution in [0.2, 0.25) is 0 Å². The zero-order valence-corrected chi connectivity index (χ0v) is 12.6. The van der Waals surface area contributed by atoms with E-state index in [4.69, 9.17) is 9.72 Å². The Bertz CT molecular complexity index is 377. The summed E-state index contributed by atoms with van der Waals surface area (Å²) in [4.78, 5) is 4.84. The normalized spacial score (nSPS) is 20.0. The summed E-state index contributed by atoms with van der Waals surface area (Å²) >= 11 is 1.79. The van der Waals surface area contributed by atoms with Crippen LogP contribution in [-0.4, -0.2) is 25.2 Å². The number of hydrogen-bond donors (Lipinski definition) is 1. The van der Waals surface area contributed by atoms with Gasteiger partial charge in [0.05, 0.1) is 11.7 Å². The number of rotatable bonds is 3. The molecule has 0 aromatic carbocycles. The molecule has 3 nitrogen and oxygen atoms in total. The van der Waals surface area contributed by atoms with Crippen LogP contribution < -0.4 is 5.32 Å². The second kappa shape index (κ2) is 5.68. The van der Waals surface area contributed by atoms with Crippen molar-refractivity contribution in [3.8, 4) is 0 Å². The monoisotopic (exact) mass is 268 g/mol. The lowest BCUT2D eigenvalue weighted by Gasteiger charge is -2.28. The quantitative estimate of drug-likeness (QED) is 0.914. The molecule has 0 aliphatic carbocycles. The fraction of sp³-hybridized carbons (Fsp3) is 0.786. The smallest absolute Gasteiger partial charge is 0.110 e. The van der Waals surface area contributed by atoms with Crippen molar-refractivity contribution in [2.24, 2.45) is 5.92 Å². The fourth-order valence-electron chi connectivity index (χ4n) is 2.38. The number of aromatic nitrogens is 1. The van der Waals surface area contributed by atoms with Gasteiger partial charge in [-0.2, -0.15) is 0 Å². The lowest BCUT2D eigenvalue weighted by atomic mass is 9.91. The zero-order valence-electron chi connectivity index (χ0n) is 11.8. The van der Waals surface area contributed by atoms with Gasteiger partial charge in [0.2, 0.25) is 0 Å². The molecule has 18 heavy (non-hydrogen) atoms. The maximum Gasteiger partial charge on any atom is 0.110 e. The van der Waals surface area contributed by atoms with Crippen LogP contribution in [0.4, 0.5) is 0 Å². The third-order valence-corrected chi connectivity index (χ3v) is 4.53. The van der Waals surface area contributed by atoms with E-state index >= 15 is 0 Å². The van der Waals surface area contributed by atoms with Crippen molar-refractivity contribution in [2.45, 2.75) is 45.1 Å². The first kappa shape index (κ1) is 14.0. The molecule has 1 N–H and O–H groups in total. The highest BCUT2D eigenvalue weighted by Gasteiger charge is 2.27. The maximum atomic E-state index is 5.44. The molecule has 1 aromatic heterocycles. The van der Waals surface area contributed by atoms with Crippen molar-refractivity contribution in [2.75, 3.05) is 20.3 Å². The fourth-order valence-corrected chi connectivity index (χ4v) is 3.63. The minimum absolute atomic E-state index is 0.142. The standard InChI is InChI=1S/C14H24N2OS/c1-14(2,3)11-9-18-13(16-11)12(15-4)10-5-7-17-8-6-10/h9-10,12,15H,5-8H2,1-4H3. The average Bonchev–Trinajstić information content (AvgIpc) is 2.81. The van der Waals surface area contributed by atoms with E-state index in [1.165, 1.54) is 10.7 Å². The number of nitrogens with zero attached hydrogens (tertiary/aromatic N) is 1. The topological polar surface area (TPSA) is 34.2 Å². The first-order valence-corrected chi connectivity index (χ1v) is 7.61. The van der Waals surface area contributed by atoms with Gasteiger partial charge in [-0.15, -0.1) is 11.3 Å². The molecular weight excluding hydrogens is 244 g/mol. The number of nitrogens with one attached hydrogen (secondary N) is 1. The molecule has 102 valence electrons. The summed E-state index contributed by atoms with van der Waals surface area (Å²) in [5, 5.41) is 6.88. The van der Waals surface area contributed by atoms with Gasteiger partial charge in [0, 0.05) is 24.0 Å². The van der Waals surface area contributed by atoms with Gasteiger partial charge in [0.1, 0.15) is 5.01 Å². The number of hydrogen-bond acceptors (Lipinski definition) is 4. The van der Waals surface area contributed by atoms with E-state index in [1.54, 1.807) is 11.3 Å². The molecule has 1 aliphatic heterocycles. The van der Waals surface area contributed by atoms with Crippen LogP contribution in [0.25, 0.3) is 0 Å². The van der Waals surface area contributed by atoms with Crippen LogP contribution in [0.5, 0.6) is 0 Å². The summed E-state index contributed by atoms with van der Waals surface area (Å²) in [6.07, 6.45) is 2.27. The van der Waals surface area contributed by atoms with Crippen LogP contribution in [0.15, 0.2) is 5.38 Å². The van der Waals surface area contributed by atoms with Crippen molar-refractivity contribution in [3.63, 3.8) is 0 Å². The van der Waals surface area contributed by atoms with E-state index in [2.05, 4.69) is 31.5 Å². The predicted octanol–water partition coefficient (Wildman–Crippen LogP) is 3.13. The number of thiazole rings is 1. The van der Waals surface area contributed by atoms with Crippen LogP contribution in [0, 0.1) is 5.92 Å². The summed E-state index contributed by atoms with van der Waals surface area (Å²) in [5.41, 5.74) is 1.35. The van der Waals surface area contributed by atoms with E-state index in [1.807, 2.05) is 7.05 Å². The Hall–Kier alpha value is -0.450. The minimum atomic E-state index is 0.142. The Labute approximate surface area is 114 Å². The highest BCUT2D eigenvalue weighted by atomic mass is 32.1. The molecular formula is C14H24N2OS. The van der Waals surface area contributed by atoms with Crippen molar-refractivity contribution in [1.29, 1.82) is 0 Å². The van der Waals surface area contributed by atoms with Gasteiger partial charge in [0.15, 0.2) is 0 Å². The molecule has 2 heterocycles. The third-order valence-electron chi connectivity index (χ3n) is 3.60. The second-order valence-electron chi connectivity index (χ2n) is 6.04. The summed E-state index contributed by atoms with van der Waals surface area (Å²) < 4.78 is 5.44. The molecule has 4 heteroatoms. The second-order valence-corrected chi connectivity index (χ2v) is 6.93. The summed E-state index contributed by atoms with van der Waals surface area (Å²) in [6.45, 7) is 8.43. The highest BCUT2D eigenvalue weighted by molar-refractivity contribution is 7.09. The molecule has 0 radical (unpaired) electrons. The molecule has 1 aromatic rings. The van der Waals surface area contributed by atoms with Crippen molar-refractivity contribution >= 4 is 11.3 Å². The van der Waals surface area contributed by atoms with Crippen LogP contribution in [-0.2, 0) is 10.2 Å². The van der Waals surface area contributed by atoms with Gasteiger partial charge in [-0.3, -0.25) is 0 Å². The average molecular weight is 268 g/mol. The minimum Gasteiger partial charge on any atom is -0.381 e. The molecule has 0 spiro atoms. The summed E-state index contributed by atoms with van der Waals surface area (Å²) in [6, 6.07) is 0.384. The highest BCUT2D eigenvalue weighted by Crippen LogP contribution is 2.33. The van der Waals surface area contributed by atoms with Crippen LogP contribution >= 0.6 is 11.3 Å². The lowest BCUT2D eigenvalue weighted by Crippen LogP contribution is -2.30. The molecule has 1 atom stereocenters. The van der Waals surface area contributed by atoms with Crippen molar-refractivity contribution in [1.82, 2.24) is 10.3 Å². The van der Waals surface area contributed by atoms with E-state index in [0.717, 1.165) is 26.1 Å². The van der Waals surface area contributed by atoms with Gasteiger partial charge < -0.3 is 10.1 Å². The molecule has 0 bridgehead atoms. The van der Waals surface area contributed by atoms with Gasteiger partial charge in [-0.25, -0.2) is 4.98 Å². The Morgan fingerprint density at radius 2 is 2.06 bits per heavy atom. The number of ether oxygens (including phenoxy) is 1.